The second-order valence-electron chi connectivity index (χ2n) is 6.38. The first kappa shape index (κ1) is 20.0. The summed E-state index contributed by atoms with van der Waals surface area (Å²) in [6.07, 6.45) is 0.838. The van der Waals surface area contributed by atoms with Crippen LogP contribution in [0.5, 0.6) is 0 Å². The van der Waals surface area contributed by atoms with Gasteiger partial charge in [-0.3, -0.25) is 9.59 Å². The van der Waals surface area contributed by atoms with Crippen molar-refractivity contribution in [2.24, 2.45) is 0 Å². The maximum Gasteiger partial charge on any atom is 0.255 e. The van der Waals surface area contributed by atoms with E-state index in [1.807, 2.05) is 55.5 Å². The van der Waals surface area contributed by atoms with Crippen LogP contribution in [-0.2, 0) is 11.2 Å². The average molecular weight is 371 g/mol. The molecule has 0 atom stereocenters. The van der Waals surface area contributed by atoms with E-state index in [9.17, 15) is 9.59 Å². The largest absolute Gasteiger partial charge is 0.332 e. The number of benzene rings is 2. The number of nitrogens with zero attached hydrogens (tertiary/aromatic N) is 1. The second kappa shape index (κ2) is 9.43. The normalized spacial score (nSPS) is 10.7. The summed E-state index contributed by atoms with van der Waals surface area (Å²) >= 11 is 1.65. The molecule has 2 amide bonds. The van der Waals surface area contributed by atoms with E-state index in [0.29, 0.717) is 10.8 Å². The molecule has 4 nitrogen and oxygen atoms in total. The predicted octanol–water partition coefficient (Wildman–Crippen LogP) is 4.46. The van der Waals surface area contributed by atoms with Gasteiger partial charge in [0.1, 0.15) is 0 Å². The summed E-state index contributed by atoms with van der Waals surface area (Å²) in [7, 11) is 1.66. The molecule has 0 saturated carbocycles. The highest BCUT2D eigenvalue weighted by molar-refractivity contribution is 8.00. The minimum atomic E-state index is -0.198. The van der Waals surface area contributed by atoms with Gasteiger partial charge in [-0.05, 0) is 30.2 Å². The topological polar surface area (TPSA) is 49.4 Å². The Balaban J connectivity index is 2.06. The molecule has 0 spiro atoms. The number of aryl methyl sites for hydroxylation is 1. The minimum Gasteiger partial charge on any atom is -0.332 e. The Morgan fingerprint density at radius 2 is 1.73 bits per heavy atom. The number of hydrogen-bond acceptors (Lipinski definition) is 3. The van der Waals surface area contributed by atoms with Crippen molar-refractivity contribution in [1.82, 2.24) is 4.90 Å². The molecule has 138 valence electrons. The molecule has 0 bridgehead atoms. The number of para-hydroxylation sites is 1. The highest BCUT2D eigenvalue weighted by Crippen LogP contribution is 2.27. The summed E-state index contributed by atoms with van der Waals surface area (Å²) in [5.41, 5.74) is 2.51. The van der Waals surface area contributed by atoms with Crippen molar-refractivity contribution >= 4 is 29.3 Å². The van der Waals surface area contributed by atoms with Gasteiger partial charge in [0.2, 0.25) is 5.91 Å². The molecule has 0 heterocycles. The van der Waals surface area contributed by atoms with Crippen LogP contribution >= 0.6 is 11.8 Å². The molecule has 0 aliphatic rings. The van der Waals surface area contributed by atoms with Gasteiger partial charge in [0.15, 0.2) is 0 Å². The number of nitrogens with one attached hydrogen (secondary N) is 1. The van der Waals surface area contributed by atoms with Gasteiger partial charge in [-0.25, -0.2) is 0 Å². The summed E-state index contributed by atoms with van der Waals surface area (Å²) in [6, 6.07) is 15.3. The van der Waals surface area contributed by atoms with Gasteiger partial charge in [0.05, 0.1) is 12.1 Å². The number of hydrogen-bond donors (Lipinski definition) is 1. The van der Waals surface area contributed by atoms with Crippen LogP contribution in [0.4, 0.5) is 5.69 Å². The average Bonchev–Trinajstić information content (AvgIpc) is 2.61. The zero-order valence-corrected chi connectivity index (χ0v) is 16.6. The van der Waals surface area contributed by atoms with Crippen LogP contribution < -0.4 is 5.32 Å². The summed E-state index contributed by atoms with van der Waals surface area (Å²) in [4.78, 5) is 27.6. The van der Waals surface area contributed by atoms with Gasteiger partial charge in [-0.15, -0.1) is 11.8 Å². The SMILES string of the molecule is CCc1ccccc1NC(=O)CN(C)C(=O)c1ccccc1SC(C)C. The molecule has 2 aromatic rings. The molecule has 26 heavy (non-hydrogen) atoms. The molecule has 0 aliphatic carbocycles. The summed E-state index contributed by atoms with van der Waals surface area (Å²) < 4.78 is 0. The Morgan fingerprint density at radius 1 is 1.08 bits per heavy atom. The van der Waals surface area contributed by atoms with Crippen LogP contribution in [0.2, 0.25) is 0 Å². The van der Waals surface area contributed by atoms with Gasteiger partial charge in [-0.1, -0.05) is 51.1 Å². The lowest BCUT2D eigenvalue weighted by Crippen LogP contribution is -2.35. The van der Waals surface area contributed by atoms with E-state index in [0.717, 1.165) is 22.6 Å². The van der Waals surface area contributed by atoms with Crippen molar-refractivity contribution in [2.75, 3.05) is 18.9 Å². The number of carbonyl (C=O) groups is 2. The first-order valence-corrected chi connectivity index (χ1v) is 9.69. The third kappa shape index (κ3) is 5.36. The number of amides is 2. The Bertz CT molecular complexity index is 774. The summed E-state index contributed by atoms with van der Waals surface area (Å²) in [6.45, 7) is 6.24. The molecule has 0 radical (unpaired) electrons. The summed E-state index contributed by atoms with van der Waals surface area (Å²) in [5, 5.41) is 3.29. The van der Waals surface area contributed by atoms with E-state index in [4.69, 9.17) is 0 Å². The Morgan fingerprint density at radius 3 is 2.42 bits per heavy atom. The first-order valence-electron chi connectivity index (χ1n) is 8.81. The highest BCUT2D eigenvalue weighted by Gasteiger charge is 2.19. The molecule has 0 fully saturated rings. The lowest BCUT2D eigenvalue weighted by atomic mass is 10.1. The number of likely N-dealkylation sites (N-methyl/N-ethyl adjacent to an activating group) is 1. The van der Waals surface area contributed by atoms with Crippen LogP contribution in [0.1, 0.15) is 36.7 Å². The van der Waals surface area contributed by atoms with Crippen molar-refractivity contribution < 1.29 is 9.59 Å². The van der Waals surface area contributed by atoms with Gasteiger partial charge >= 0.3 is 0 Å². The number of rotatable bonds is 7. The van der Waals surface area contributed by atoms with E-state index in [1.165, 1.54) is 4.90 Å². The Hall–Kier alpha value is -2.27. The monoisotopic (exact) mass is 370 g/mol. The maximum atomic E-state index is 12.8. The molecule has 0 aliphatic heterocycles. The third-order valence-corrected chi connectivity index (χ3v) is 4.96. The van der Waals surface area contributed by atoms with Crippen LogP contribution in [0.25, 0.3) is 0 Å². The molecule has 0 aromatic heterocycles. The molecule has 1 N–H and O–H groups in total. The van der Waals surface area contributed by atoms with Gasteiger partial charge in [0.25, 0.3) is 5.91 Å². The quantitative estimate of drug-likeness (QED) is 0.732. The zero-order chi connectivity index (χ0) is 19.1. The fourth-order valence-corrected chi connectivity index (χ4v) is 3.58. The fraction of sp³-hybridized carbons (Fsp3) is 0.333. The third-order valence-electron chi connectivity index (χ3n) is 3.88. The molecule has 0 unspecified atom stereocenters. The Kier molecular flexibility index (Phi) is 7.27. The van der Waals surface area contributed by atoms with E-state index >= 15 is 0 Å². The Labute approximate surface area is 160 Å². The van der Waals surface area contributed by atoms with Crippen LogP contribution in [0.15, 0.2) is 53.4 Å². The van der Waals surface area contributed by atoms with Crippen molar-refractivity contribution in [3.63, 3.8) is 0 Å². The molecule has 2 aromatic carbocycles. The van der Waals surface area contributed by atoms with E-state index in [2.05, 4.69) is 19.2 Å². The van der Waals surface area contributed by atoms with Crippen molar-refractivity contribution in [2.45, 2.75) is 37.3 Å². The van der Waals surface area contributed by atoms with Crippen LogP contribution in [-0.4, -0.2) is 35.6 Å². The maximum absolute atomic E-state index is 12.8. The van der Waals surface area contributed by atoms with E-state index < -0.39 is 0 Å². The highest BCUT2D eigenvalue weighted by atomic mass is 32.2. The van der Waals surface area contributed by atoms with Gasteiger partial charge < -0.3 is 10.2 Å². The molecule has 5 heteroatoms. The van der Waals surface area contributed by atoms with Gasteiger partial charge in [-0.2, -0.15) is 0 Å². The lowest BCUT2D eigenvalue weighted by Gasteiger charge is -2.19. The number of thioether (sulfide) groups is 1. The molecular formula is C21H26N2O2S. The van der Waals surface area contributed by atoms with Crippen molar-refractivity contribution in [3.05, 3.63) is 59.7 Å². The number of anilines is 1. The zero-order valence-electron chi connectivity index (χ0n) is 15.8. The fourth-order valence-electron chi connectivity index (χ4n) is 2.63. The second-order valence-corrected chi connectivity index (χ2v) is 8.00. The predicted molar refractivity (Wildman–Crippen MR) is 109 cm³/mol. The molecular weight excluding hydrogens is 344 g/mol. The van der Waals surface area contributed by atoms with Gasteiger partial charge in [0, 0.05) is 22.9 Å². The number of carbonyl (C=O) groups excluding carboxylic acids is 2. The van der Waals surface area contributed by atoms with Crippen LogP contribution in [0.3, 0.4) is 0 Å². The minimum absolute atomic E-state index is 0.0115. The summed E-state index contributed by atoms with van der Waals surface area (Å²) in [5.74, 6) is -0.344. The molecule has 0 saturated heterocycles. The first-order chi connectivity index (χ1) is 12.4. The van der Waals surface area contributed by atoms with E-state index in [1.54, 1.807) is 18.8 Å². The standard InChI is InChI=1S/C21H26N2O2S/c1-5-16-10-6-8-12-18(16)22-20(24)14-23(4)21(25)17-11-7-9-13-19(17)26-15(2)3/h6-13,15H,5,14H2,1-4H3,(H,22,24). The van der Waals surface area contributed by atoms with Crippen molar-refractivity contribution in [3.8, 4) is 0 Å². The lowest BCUT2D eigenvalue weighted by molar-refractivity contribution is -0.116. The van der Waals surface area contributed by atoms with E-state index in [-0.39, 0.29) is 18.4 Å². The van der Waals surface area contributed by atoms with Crippen LogP contribution in [0, 0.1) is 0 Å². The van der Waals surface area contributed by atoms with Crippen molar-refractivity contribution in [1.29, 1.82) is 0 Å². The molecule has 2 rings (SSSR count). The smallest absolute Gasteiger partial charge is 0.255 e.